The van der Waals surface area contributed by atoms with Gasteiger partial charge in [0, 0.05) is 11.5 Å². The van der Waals surface area contributed by atoms with Gasteiger partial charge in [-0.05, 0) is 81.1 Å². The van der Waals surface area contributed by atoms with Crippen LogP contribution in [0, 0.1) is 31.5 Å². The van der Waals surface area contributed by atoms with Crippen LogP contribution in [0.4, 0.5) is 4.39 Å². The van der Waals surface area contributed by atoms with Crippen LogP contribution in [0.1, 0.15) is 55.3 Å². The molecular weight excluding hydrogens is 431 g/mol. The summed E-state index contributed by atoms with van der Waals surface area (Å²) in [6, 6.07) is 12.5. The van der Waals surface area contributed by atoms with Crippen molar-refractivity contribution >= 4 is 5.91 Å². The van der Waals surface area contributed by atoms with Crippen LogP contribution in [0.25, 0.3) is 11.4 Å². The SMILES string of the molecule is Cc1ccc(C(NC(=O)C2CCN(Cc3nc(-c4ccc(F)cc4)no3)CC2)C(C)C)c(C)c1. The number of aromatic nitrogens is 2. The van der Waals surface area contributed by atoms with E-state index in [0.29, 0.717) is 24.2 Å². The number of carbonyl (C=O) groups is 1. The molecule has 1 aromatic heterocycles. The van der Waals surface area contributed by atoms with Gasteiger partial charge in [-0.1, -0.05) is 42.8 Å². The maximum atomic E-state index is 13.1. The van der Waals surface area contributed by atoms with E-state index in [1.807, 2.05) is 0 Å². The molecule has 0 bridgehead atoms. The van der Waals surface area contributed by atoms with Crippen molar-refractivity contribution in [1.82, 2.24) is 20.4 Å². The monoisotopic (exact) mass is 464 g/mol. The number of amides is 1. The normalized spacial score (nSPS) is 16.1. The van der Waals surface area contributed by atoms with E-state index in [4.69, 9.17) is 4.52 Å². The Balaban J connectivity index is 1.31. The molecule has 2 aromatic carbocycles. The highest BCUT2D eigenvalue weighted by Crippen LogP contribution is 2.27. The van der Waals surface area contributed by atoms with E-state index in [9.17, 15) is 9.18 Å². The number of halogens is 1. The Morgan fingerprint density at radius 2 is 1.85 bits per heavy atom. The summed E-state index contributed by atoms with van der Waals surface area (Å²) in [5.41, 5.74) is 4.36. The average molecular weight is 465 g/mol. The molecule has 1 fully saturated rings. The van der Waals surface area contributed by atoms with E-state index in [2.05, 4.69) is 66.3 Å². The number of nitrogens with zero attached hydrogens (tertiary/aromatic N) is 3. The Kier molecular flexibility index (Phi) is 7.41. The Bertz CT molecular complexity index is 1120. The summed E-state index contributed by atoms with van der Waals surface area (Å²) < 4.78 is 18.5. The van der Waals surface area contributed by atoms with Gasteiger partial charge in [-0.3, -0.25) is 9.69 Å². The summed E-state index contributed by atoms with van der Waals surface area (Å²) in [6.45, 7) is 10.6. The maximum absolute atomic E-state index is 13.1. The van der Waals surface area contributed by atoms with Crippen LogP contribution in [0.15, 0.2) is 47.0 Å². The molecule has 1 N–H and O–H groups in total. The standard InChI is InChI=1S/C27H33FN4O2/c1-17(2)25(23-10-5-18(3)15-19(23)4)30-27(33)21-11-13-32(14-12-21)16-24-29-26(31-34-24)20-6-8-22(28)9-7-20/h5-10,15,17,21,25H,11-14,16H2,1-4H3,(H,30,33). The molecular formula is C27H33FN4O2. The second-order valence-corrected chi connectivity index (χ2v) is 9.66. The Morgan fingerprint density at radius 3 is 2.50 bits per heavy atom. The van der Waals surface area contributed by atoms with Crippen molar-refractivity contribution in [2.45, 2.75) is 53.1 Å². The van der Waals surface area contributed by atoms with Crippen molar-refractivity contribution in [3.05, 3.63) is 70.9 Å². The van der Waals surface area contributed by atoms with Gasteiger partial charge in [-0.15, -0.1) is 0 Å². The molecule has 4 rings (SSSR count). The van der Waals surface area contributed by atoms with Gasteiger partial charge in [-0.25, -0.2) is 4.39 Å². The number of aryl methyl sites for hydroxylation is 2. The lowest BCUT2D eigenvalue weighted by atomic mass is 9.90. The third-order valence-electron chi connectivity index (χ3n) is 6.61. The minimum absolute atomic E-state index is 0.000663. The van der Waals surface area contributed by atoms with E-state index in [1.54, 1.807) is 12.1 Å². The van der Waals surface area contributed by atoms with E-state index in [0.717, 1.165) is 31.5 Å². The Labute approximate surface area is 200 Å². The number of hydrogen-bond acceptors (Lipinski definition) is 5. The zero-order valence-corrected chi connectivity index (χ0v) is 20.3. The fraction of sp³-hybridized carbons (Fsp3) is 0.444. The molecule has 180 valence electrons. The van der Waals surface area contributed by atoms with Gasteiger partial charge in [-0.2, -0.15) is 4.98 Å². The summed E-state index contributed by atoms with van der Waals surface area (Å²) in [4.78, 5) is 19.8. The highest BCUT2D eigenvalue weighted by atomic mass is 19.1. The minimum Gasteiger partial charge on any atom is -0.349 e. The maximum Gasteiger partial charge on any atom is 0.241 e. The van der Waals surface area contributed by atoms with Gasteiger partial charge in [0.05, 0.1) is 12.6 Å². The molecule has 0 saturated carbocycles. The predicted molar refractivity (Wildman–Crippen MR) is 129 cm³/mol. The van der Waals surface area contributed by atoms with Gasteiger partial charge in [0.15, 0.2) is 0 Å². The smallest absolute Gasteiger partial charge is 0.241 e. The topological polar surface area (TPSA) is 71.3 Å². The molecule has 0 radical (unpaired) electrons. The molecule has 1 unspecified atom stereocenters. The second-order valence-electron chi connectivity index (χ2n) is 9.66. The van der Waals surface area contributed by atoms with Crippen molar-refractivity contribution in [1.29, 1.82) is 0 Å². The number of benzene rings is 2. The van der Waals surface area contributed by atoms with Crippen molar-refractivity contribution in [3.8, 4) is 11.4 Å². The number of hydrogen-bond donors (Lipinski definition) is 1. The zero-order chi connectivity index (χ0) is 24.2. The average Bonchev–Trinajstić information content (AvgIpc) is 3.27. The van der Waals surface area contributed by atoms with Crippen molar-refractivity contribution in [2.75, 3.05) is 13.1 Å². The first kappa shape index (κ1) is 24.1. The van der Waals surface area contributed by atoms with Gasteiger partial charge < -0.3 is 9.84 Å². The van der Waals surface area contributed by atoms with E-state index < -0.39 is 0 Å². The van der Waals surface area contributed by atoms with Gasteiger partial charge >= 0.3 is 0 Å². The van der Waals surface area contributed by atoms with Gasteiger partial charge in [0.25, 0.3) is 0 Å². The zero-order valence-electron chi connectivity index (χ0n) is 20.3. The second kappa shape index (κ2) is 10.5. The predicted octanol–water partition coefficient (Wildman–Crippen LogP) is 5.22. The first-order valence-electron chi connectivity index (χ1n) is 12.0. The highest BCUT2D eigenvalue weighted by Gasteiger charge is 2.29. The summed E-state index contributed by atoms with van der Waals surface area (Å²) in [5, 5.41) is 7.34. The molecule has 3 aromatic rings. The molecule has 7 heteroatoms. The molecule has 1 aliphatic rings. The summed E-state index contributed by atoms with van der Waals surface area (Å²) in [7, 11) is 0. The molecule has 6 nitrogen and oxygen atoms in total. The molecule has 0 spiro atoms. The van der Waals surface area contributed by atoms with Crippen molar-refractivity contribution in [3.63, 3.8) is 0 Å². The number of rotatable bonds is 7. The Hall–Kier alpha value is -3.06. The molecule has 1 amide bonds. The fourth-order valence-electron chi connectivity index (χ4n) is 4.63. The summed E-state index contributed by atoms with van der Waals surface area (Å²) in [5.74, 6) is 1.12. The summed E-state index contributed by atoms with van der Waals surface area (Å²) >= 11 is 0. The lowest BCUT2D eigenvalue weighted by Gasteiger charge is -2.32. The quantitative estimate of drug-likeness (QED) is 0.519. The first-order valence-corrected chi connectivity index (χ1v) is 12.0. The van der Waals surface area contributed by atoms with Crippen LogP contribution in [0.2, 0.25) is 0 Å². The lowest BCUT2D eigenvalue weighted by Crippen LogP contribution is -2.42. The molecule has 0 aliphatic carbocycles. The molecule has 1 aliphatic heterocycles. The van der Waals surface area contributed by atoms with Crippen LogP contribution in [-0.4, -0.2) is 34.0 Å². The molecule has 1 saturated heterocycles. The molecule has 1 atom stereocenters. The van der Waals surface area contributed by atoms with E-state index in [1.165, 1.54) is 28.8 Å². The van der Waals surface area contributed by atoms with Crippen molar-refractivity contribution < 1.29 is 13.7 Å². The van der Waals surface area contributed by atoms with Gasteiger partial charge in [0.2, 0.25) is 17.6 Å². The number of likely N-dealkylation sites (tertiary alicyclic amines) is 1. The largest absolute Gasteiger partial charge is 0.349 e. The van der Waals surface area contributed by atoms with Crippen LogP contribution >= 0.6 is 0 Å². The van der Waals surface area contributed by atoms with E-state index >= 15 is 0 Å². The van der Waals surface area contributed by atoms with Gasteiger partial charge in [0.1, 0.15) is 5.82 Å². The highest BCUT2D eigenvalue weighted by molar-refractivity contribution is 5.79. The fourth-order valence-corrected chi connectivity index (χ4v) is 4.63. The lowest BCUT2D eigenvalue weighted by molar-refractivity contribution is -0.127. The summed E-state index contributed by atoms with van der Waals surface area (Å²) in [6.07, 6.45) is 1.59. The van der Waals surface area contributed by atoms with Crippen LogP contribution in [0.3, 0.4) is 0 Å². The number of piperidine rings is 1. The number of nitrogens with one attached hydrogen (secondary N) is 1. The molecule has 34 heavy (non-hydrogen) atoms. The van der Waals surface area contributed by atoms with Crippen LogP contribution in [0.5, 0.6) is 0 Å². The van der Waals surface area contributed by atoms with E-state index in [-0.39, 0.29) is 23.7 Å². The number of carbonyl (C=O) groups excluding carboxylic acids is 1. The Morgan fingerprint density at radius 1 is 1.15 bits per heavy atom. The first-order chi connectivity index (χ1) is 16.3. The third-order valence-corrected chi connectivity index (χ3v) is 6.61. The minimum atomic E-state index is -0.298. The van der Waals surface area contributed by atoms with Crippen LogP contribution in [-0.2, 0) is 11.3 Å². The van der Waals surface area contributed by atoms with Crippen LogP contribution < -0.4 is 5.32 Å². The third kappa shape index (κ3) is 5.70. The molecule has 2 heterocycles. The van der Waals surface area contributed by atoms with Crippen molar-refractivity contribution in [2.24, 2.45) is 11.8 Å².